The van der Waals surface area contributed by atoms with Crippen LogP contribution < -0.4 is 11.5 Å². The van der Waals surface area contributed by atoms with Gasteiger partial charge in [-0.15, -0.1) is 0 Å². The molecule has 0 bridgehead atoms. The Kier molecular flexibility index (Phi) is 7.28. The van der Waals surface area contributed by atoms with Crippen molar-refractivity contribution in [1.82, 2.24) is 9.55 Å². The molecular formula is C9H18N5O13P3. The summed E-state index contributed by atoms with van der Waals surface area (Å²) in [6.07, 6.45) is -5.20. The predicted molar refractivity (Wildman–Crippen MR) is 93.4 cm³/mol. The monoisotopic (exact) mass is 497 g/mol. The molecule has 0 spiro atoms. The van der Waals surface area contributed by atoms with Crippen LogP contribution >= 0.6 is 23.5 Å². The van der Waals surface area contributed by atoms with Gasteiger partial charge in [-0.1, -0.05) is 0 Å². The molecule has 0 aliphatic carbocycles. The van der Waals surface area contributed by atoms with Crippen LogP contribution in [0.4, 0.5) is 5.82 Å². The van der Waals surface area contributed by atoms with E-state index < -0.39 is 60.5 Å². The van der Waals surface area contributed by atoms with E-state index in [-0.39, 0.29) is 11.5 Å². The molecule has 1 fully saturated rings. The molecule has 30 heavy (non-hydrogen) atoms. The first kappa shape index (κ1) is 25.0. The van der Waals surface area contributed by atoms with Gasteiger partial charge in [0.05, 0.1) is 12.9 Å². The van der Waals surface area contributed by atoms with Gasteiger partial charge >= 0.3 is 23.5 Å². The summed E-state index contributed by atoms with van der Waals surface area (Å²) in [5.74, 6) is -0.671. The lowest BCUT2D eigenvalue weighted by molar-refractivity contribution is -0.0510. The summed E-state index contributed by atoms with van der Waals surface area (Å²) in [5, 5.41) is 27.5. The van der Waals surface area contributed by atoms with Crippen molar-refractivity contribution in [2.24, 2.45) is 5.73 Å². The van der Waals surface area contributed by atoms with Gasteiger partial charge in [0.2, 0.25) is 0 Å². The SMILES string of the molecule is N=C(N)c1ncn([C@@H]2O[C@H](COP(=O)(O)OP(=O)(O)OP(=O)(O)O)[C@@H](O)[C@H]2O)c1N. The van der Waals surface area contributed by atoms with Crippen LogP contribution in [-0.2, 0) is 31.6 Å². The molecule has 1 aliphatic rings. The van der Waals surface area contributed by atoms with Crippen molar-refractivity contribution in [2.75, 3.05) is 12.3 Å². The number of rotatable bonds is 9. The summed E-state index contributed by atoms with van der Waals surface area (Å²) in [4.78, 5) is 39.2. The summed E-state index contributed by atoms with van der Waals surface area (Å²) in [6, 6.07) is 0. The fourth-order valence-electron chi connectivity index (χ4n) is 2.35. The van der Waals surface area contributed by atoms with Gasteiger partial charge in [-0.3, -0.25) is 14.5 Å². The molecule has 1 aliphatic heterocycles. The van der Waals surface area contributed by atoms with E-state index in [1.807, 2.05) is 0 Å². The first-order valence-corrected chi connectivity index (χ1v) is 12.0. The predicted octanol–water partition coefficient (Wildman–Crippen LogP) is -2.29. The second-order valence-corrected chi connectivity index (χ2v) is 10.2. The third-order valence-corrected chi connectivity index (χ3v) is 7.32. The quantitative estimate of drug-likeness (QED) is 0.0985. The van der Waals surface area contributed by atoms with Crippen LogP contribution in [0.5, 0.6) is 0 Å². The minimum absolute atomic E-state index is 0.128. The maximum Gasteiger partial charge on any atom is 0.490 e. The molecule has 11 N–H and O–H groups in total. The van der Waals surface area contributed by atoms with Crippen LogP contribution in [0.15, 0.2) is 6.33 Å². The zero-order valence-electron chi connectivity index (χ0n) is 14.5. The molecule has 21 heteroatoms. The van der Waals surface area contributed by atoms with E-state index in [0.717, 1.165) is 10.9 Å². The van der Waals surface area contributed by atoms with Crippen LogP contribution in [-0.4, -0.2) is 70.1 Å². The fourth-order valence-corrected chi connectivity index (χ4v) is 5.38. The summed E-state index contributed by atoms with van der Waals surface area (Å²) >= 11 is 0. The molecule has 0 radical (unpaired) electrons. The summed E-state index contributed by atoms with van der Waals surface area (Å²) in [7, 11) is -16.7. The van der Waals surface area contributed by atoms with Crippen LogP contribution in [0.3, 0.4) is 0 Å². The second kappa shape index (κ2) is 8.72. The van der Waals surface area contributed by atoms with Gasteiger partial charge < -0.3 is 46.0 Å². The van der Waals surface area contributed by atoms with Crippen molar-refractivity contribution < 1.29 is 61.4 Å². The molecule has 18 nitrogen and oxygen atoms in total. The van der Waals surface area contributed by atoms with E-state index in [0.29, 0.717) is 0 Å². The average Bonchev–Trinajstić information content (AvgIpc) is 3.03. The molecule has 1 aromatic rings. The van der Waals surface area contributed by atoms with Crippen molar-refractivity contribution in [1.29, 1.82) is 5.41 Å². The van der Waals surface area contributed by atoms with E-state index in [1.54, 1.807) is 0 Å². The van der Waals surface area contributed by atoms with Crippen molar-refractivity contribution >= 4 is 35.1 Å². The molecule has 1 aromatic heterocycles. The highest BCUT2D eigenvalue weighted by atomic mass is 31.3. The summed E-state index contributed by atoms with van der Waals surface area (Å²) < 4.78 is 51.3. The van der Waals surface area contributed by atoms with Gasteiger partial charge in [0, 0.05) is 0 Å². The second-order valence-electron chi connectivity index (χ2n) is 5.73. The number of hydrogen-bond acceptors (Lipinski definition) is 12. The maximum atomic E-state index is 11.7. The highest BCUT2D eigenvalue weighted by molar-refractivity contribution is 7.66. The molecule has 0 amide bonds. The van der Waals surface area contributed by atoms with Gasteiger partial charge in [0.1, 0.15) is 35.7 Å². The number of hydrogen-bond donors (Lipinski definition) is 9. The van der Waals surface area contributed by atoms with E-state index in [9.17, 15) is 28.8 Å². The molecule has 6 atom stereocenters. The average molecular weight is 497 g/mol. The zero-order valence-corrected chi connectivity index (χ0v) is 17.2. The van der Waals surface area contributed by atoms with Crippen molar-refractivity contribution in [3.63, 3.8) is 0 Å². The van der Waals surface area contributed by atoms with E-state index in [2.05, 4.69) is 18.1 Å². The topological polar surface area (TPSA) is 303 Å². The van der Waals surface area contributed by atoms with Crippen LogP contribution in [0.2, 0.25) is 0 Å². The van der Waals surface area contributed by atoms with Gasteiger partial charge in [0.25, 0.3) is 0 Å². The number of amidine groups is 1. The molecule has 2 unspecified atom stereocenters. The Hall–Kier alpha value is -1.23. The molecule has 2 rings (SSSR count). The number of aromatic nitrogens is 2. The lowest BCUT2D eigenvalue weighted by atomic mass is 10.1. The van der Waals surface area contributed by atoms with Crippen LogP contribution in [0.25, 0.3) is 0 Å². The van der Waals surface area contributed by atoms with Crippen molar-refractivity contribution in [3.8, 4) is 0 Å². The number of anilines is 1. The largest absolute Gasteiger partial charge is 0.490 e. The highest BCUT2D eigenvalue weighted by Crippen LogP contribution is 2.66. The number of phosphoric acid groups is 3. The van der Waals surface area contributed by atoms with Gasteiger partial charge in [-0.25, -0.2) is 18.7 Å². The maximum absolute atomic E-state index is 11.7. The van der Waals surface area contributed by atoms with Gasteiger partial charge in [0.15, 0.2) is 6.23 Å². The Bertz CT molecular complexity index is 947. The zero-order chi connectivity index (χ0) is 23.1. The summed E-state index contributed by atoms with van der Waals surface area (Å²) in [5.41, 5.74) is 10.9. The number of aliphatic hydroxyl groups excluding tert-OH is 2. The Morgan fingerprint density at radius 2 is 1.77 bits per heavy atom. The number of nitrogens with two attached hydrogens (primary N) is 2. The number of ether oxygens (including phenoxy) is 1. The third-order valence-electron chi connectivity index (χ3n) is 3.52. The molecule has 0 aromatic carbocycles. The number of nitrogen functional groups attached to an aromatic ring is 2. The van der Waals surface area contributed by atoms with Gasteiger partial charge in [-0.05, 0) is 0 Å². The van der Waals surface area contributed by atoms with E-state index in [4.69, 9.17) is 36.3 Å². The Morgan fingerprint density at radius 3 is 2.27 bits per heavy atom. The minimum atomic E-state index is -5.71. The molecule has 172 valence electrons. The highest BCUT2D eigenvalue weighted by Gasteiger charge is 2.47. The van der Waals surface area contributed by atoms with Crippen LogP contribution in [0, 0.1) is 5.41 Å². The Labute approximate surface area is 166 Å². The lowest BCUT2D eigenvalue weighted by Gasteiger charge is -2.19. The Morgan fingerprint density at radius 1 is 1.17 bits per heavy atom. The first-order chi connectivity index (χ1) is 13.5. The first-order valence-electron chi connectivity index (χ1n) is 7.49. The number of nitrogens with zero attached hydrogens (tertiary/aromatic N) is 2. The number of nitrogens with one attached hydrogen (secondary N) is 1. The number of phosphoric ester groups is 1. The molecule has 0 saturated carbocycles. The van der Waals surface area contributed by atoms with Crippen LogP contribution in [0.1, 0.15) is 11.9 Å². The lowest BCUT2D eigenvalue weighted by Crippen LogP contribution is -2.33. The summed E-state index contributed by atoms with van der Waals surface area (Å²) in [6.45, 7) is -0.993. The van der Waals surface area contributed by atoms with Crippen molar-refractivity contribution in [2.45, 2.75) is 24.5 Å². The normalized spacial score (nSPS) is 28.7. The standard InChI is InChI=1S/C9H18N5O13P3/c10-7(11)4-8(12)14(2-13-4)9-6(16)5(15)3(25-9)1-24-29(20,21)27-30(22,23)26-28(17,18)19/h2-3,5-6,9,15-16H,1,12H2,(H3,10,11)(H,20,21)(H,22,23)(H2,17,18,19)/t3-,5-,6-,9-/m1/s1. The Balaban J connectivity index is 2.06. The van der Waals surface area contributed by atoms with Gasteiger partial charge in [-0.2, -0.15) is 8.62 Å². The molecule has 1 saturated heterocycles. The number of imidazole rings is 1. The minimum Gasteiger partial charge on any atom is -0.387 e. The van der Waals surface area contributed by atoms with E-state index >= 15 is 0 Å². The smallest absolute Gasteiger partial charge is 0.387 e. The third kappa shape index (κ3) is 6.15. The molecular weight excluding hydrogens is 479 g/mol. The van der Waals surface area contributed by atoms with E-state index in [1.165, 1.54) is 0 Å². The molecule has 2 heterocycles. The number of aliphatic hydroxyl groups is 2. The van der Waals surface area contributed by atoms with Crippen molar-refractivity contribution in [3.05, 3.63) is 12.0 Å². The fraction of sp³-hybridized carbons (Fsp3) is 0.556.